The van der Waals surface area contributed by atoms with Crippen molar-refractivity contribution in [3.8, 4) is 0 Å². The van der Waals surface area contributed by atoms with Gasteiger partial charge in [-0.3, -0.25) is 14.6 Å². The number of ether oxygens (including phenoxy) is 1. The van der Waals surface area contributed by atoms with Crippen LogP contribution in [0.2, 0.25) is 0 Å². The van der Waals surface area contributed by atoms with Crippen molar-refractivity contribution in [2.45, 2.75) is 39.0 Å². The fourth-order valence-electron chi connectivity index (χ4n) is 3.91. The first-order chi connectivity index (χ1) is 13.6. The van der Waals surface area contributed by atoms with Crippen molar-refractivity contribution in [1.82, 2.24) is 14.9 Å². The van der Waals surface area contributed by atoms with Crippen LogP contribution in [-0.2, 0) is 16.0 Å². The number of aromatic nitrogens is 2. The van der Waals surface area contributed by atoms with Crippen LogP contribution < -0.4 is 0 Å². The molecule has 2 heterocycles. The Morgan fingerprint density at radius 3 is 2.75 bits per heavy atom. The Bertz CT molecular complexity index is 782. The van der Waals surface area contributed by atoms with Gasteiger partial charge in [-0.25, -0.2) is 4.98 Å². The standard InChI is InChI=1S/C22H27N3O3/c1-2-28-21(27)22(11-6-10-18-8-4-3-5-9-18)12-7-15-25(17-22)20(26)19-16-23-13-14-24-19/h3-5,8-9,13-14,16H,2,6-7,10-12,15,17H2,1H3/t22-/m0/s1. The molecule has 0 unspecified atom stereocenters. The van der Waals surface area contributed by atoms with Gasteiger partial charge >= 0.3 is 5.97 Å². The van der Waals surface area contributed by atoms with Gasteiger partial charge in [0.15, 0.2) is 0 Å². The van der Waals surface area contributed by atoms with E-state index in [1.807, 2.05) is 25.1 Å². The molecule has 0 spiro atoms. The van der Waals surface area contributed by atoms with E-state index in [0.717, 1.165) is 25.7 Å². The molecular formula is C22H27N3O3. The van der Waals surface area contributed by atoms with Crippen molar-refractivity contribution in [1.29, 1.82) is 0 Å². The van der Waals surface area contributed by atoms with E-state index in [1.165, 1.54) is 18.0 Å². The second-order valence-corrected chi connectivity index (χ2v) is 7.26. The molecule has 1 amide bonds. The number of piperidine rings is 1. The summed E-state index contributed by atoms with van der Waals surface area (Å²) in [6, 6.07) is 10.3. The Labute approximate surface area is 165 Å². The van der Waals surface area contributed by atoms with Crippen molar-refractivity contribution < 1.29 is 14.3 Å². The Kier molecular flexibility index (Phi) is 6.74. The number of rotatable bonds is 7. The van der Waals surface area contributed by atoms with Crippen LogP contribution in [0.1, 0.15) is 48.7 Å². The first kappa shape index (κ1) is 20.0. The lowest BCUT2D eigenvalue weighted by molar-refractivity contribution is -0.159. The Morgan fingerprint density at radius 2 is 2.04 bits per heavy atom. The molecule has 148 valence electrons. The molecule has 1 saturated heterocycles. The van der Waals surface area contributed by atoms with E-state index in [0.29, 0.717) is 31.8 Å². The van der Waals surface area contributed by atoms with E-state index < -0.39 is 5.41 Å². The van der Waals surface area contributed by atoms with Crippen molar-refractivity contribution >= 4 is 11.9 Å². The monoisotopic (exact) mass is 381 g/mol. The number of carbonyl (C=O) groups excluding carboxylic acids is 2. The highest BCUT2D eigenvalue weighted by molar-refractivity contribution is 5.92. The van der Waals surface area contributed by atoms with E-state index in [4.69, 9.17) is 4.74 Å². The molecule has 1 aliphatic rings. The van der Waals surface area contributed by atoms with Crippen LogP contribution in [0.25, 0.3) is 0 Å². The van der Waals surface area contributed by atoms with Gasteiger partial charge in [0.2, 0.25) is 0 Å². The minimum atomic E-state index is -0.652. The van der Waals surface area contributed by atoms with Gasteiger partial charge in [0.25, 0.3) is 5.91 Å². The summed E-state index contributed by atoms with van der Waals surface area (Å²) in [6.45, 7) is 3.16. The van der Waals surface area contributed by atoms with Crippen LogP contribution in [0, 0.1) is 5.41 Å². The number of hydrogen-bond acceptors (Lipinski definition) is 5. The zero-order valence-electron chi connectivity index (χ0n) is 16.3. The molecule has 1 fully saturated rings. The zero-order chi connectivity index (χ0) is 19.8. The molecule has 0 aliphatic carbocycles. The zero-order valence-corrected chi connectivity index (χ0v) is 16.3. The lowest BCUT2D eigenvalue weighted by atomic mass is 9.75. The Morgan fingerprint density at radius 1 is 1.21 bits per heavy atom. The second-order valence-electron chi connectivity index (χ2n) is 7.26. The van der Waals surface area contributed by atoms with E-state index in [1.54, 1.807) is 11.1 Å². The van der Waals surface area contributed by atoms with Gasteiger partial charge in [-0.2, -0.15) is 0 Å². The van der Waals surface area contributed by atoms with Crippen LogP contribution in [0.5, 0.6) is 0 Å². The maximum Gasteiger partial charge on any atom is 0.313 e. The van der Waals surface area contributed by atoms with Gasteiger partial charge in [-0.1, -0.05) is 30.3 Å². The smallest absolute Gasteiger partial charge is 0.313 e. The molecule has 1 aromatic heterocycles. The molecule has 0 N–H and O–H groups in total. The summed E-state index contributed by atoms with van der Waals surface area (Å²) in [4.78, 5) is 35.5. The molecule has 28 heavy (non-hydrogen) atoms. The first-order valence-corrected chi connectivity index (χ1v) is 9.91. The van der Waals surface area contributed by atoms with Gasteiger partial charge in [0.1, 0.15) is 5.69 Å². The second kappa shape index (κ2) is 9.44. The summed E-state index contributed by atoms with van der Waals surface area (Å²) in [7, 11) is 0. The molecule has 1 atom stereocenters. The SMILES string of the molecule is CCOC(=O)[C@@]1(CCCc2ccccc2)CCCN(C(=O)c2cnccn2)C1. The lowest BCUT2D eigenvalue weighted by Crippen LogP contribution is -2.50. The summed E-state index contributed by atoms with van der Waals surface area (Å²) in [5.74, 6) is -0.371. The largest absolute Gasteiger partial charge is 0.466 e. The topological polar surface area (TPSA) is 72.4 Å². The first-order valence-electron chi connectivity index (χ1n) is 9.91. The minimum Gasteiger partial charge on any atom is -0.466 e. The van der Waals surface area contributed by atoms with Crippen LogP contribution >= 0.6 is 0 Å². The molecule has 6 heteroatoms. The van der Waals surface area contributed by atoms with Gasteiger partial charge in [0, 0.05) is 25.5 Å². The number of aryl methyl sites for hydroxylation is 1. The molecule has 0 radical (unpaired) electrons. The number of amides is 1. The third-order valence-electron chi connectivity index (χ3n) is 5.32. The highest BCUT2D eigenvalue weighted by atomic mass is 16.5. The van der Waals surface area contributed by atoms with Crippen molar-refractivity contribution in [3.63, 3.8) is 0 Å². The predicted octanol–water partition coefficient (Wildman–Crippen LogP) is 3.29. The maximum absolute atomic E-state index is 12.9. The number of nitrogens with zero attached hydrogens (tertiary/aromatic N) is 3. The maximum atomic E-state index is 12.9. The number of carbonyl (C=O) groups is 2. The van der Waals surface area contributed by atoms with E-state index in [2.05, 4.69) is 22.1 Å². The number of likely N-dealkylation sites (tertiary alicyclic amines) is 1. The summed E-state index contributed by atoms with van der Waals surface area (Å²) >= 11 is 0. The number of hydrogen-bond donors (Lipinski definition) is 0. The van der Waals surface area contributed by atoms with Crippen LogP contribution in [0.15, 0.2) is 48.9 Å². The molecule has 0 saturated carbocycles. The number of esters is 1. The summed E-state index contributed by atoms with van der Waals surface area (Å²) in [5.41, 5.74) is 0.914. The fraction of sp³-hybridized carbons (Fsp3) is 0.455. The third kappa shape index (κ3) is 4.74. The highest BCUT2D eigenvalue weighted by Crippen LogP contribution is 2.37. The number of benzene rings is 1. The molecule has 1 aliphatic heterocycles. The molecule has 2 aromatic rings. The molecule has 6 nitrogen and oxygen atoms in total. The van der Waals surface area contributed by atoms with Gasteiger partial charge in [0.05, 0.1) is 18.2 Å². The van der Waals surface area contributed by atoms with Crippen molar-refractivity contribution in [2.75, 3.05) is 19.7 Å². The van der Waals surface area contributed by atoms with Crippen molar-refractivity contribution in [3.05, 3.63) is 60.2 Å². The highest BCUT2D eigenvalue weighted by Gasteiger charge is 2.44. The molecule has 1 aromatic carbocycles. The van der Waals surface area contributed by atoms with E-state index >= 15 is 0 Å². The van der Waals surface area contributed by atoms with Gasteiger partial charge in [-0.15, -0.1) is 0 Å². The van der Waals surface area contributed by atoms with Crippen LogP contribution in [0.3, 0.4) is 0 Å². The van der Waals surface area contributed by atoms with Crippen LogP contribution in [0.4, 0.5) is 0 Å². The summed E-state index contributed by atoms with van der Waals surface area (Å²) in [6.07, 6.45) is 8.51. The van der Waals surface area contributed by atoms with Gasteiger partial charge in [-0.05, 0) is 44.6 Å². The van der Waals surface area contributed by atoms with E-state index in [-0.39, 0.29) is 11.9 Å². The normalized spacial score (nSPS) is 19.2. The minimum absolute atomic E-state index is 0.176. The van der Waals surface area contributed by atoms with Crippen molar-refractivity contribution in [2.24, 2.45) is 5.41 Å². The van der Waals surface area contributed by atoms with E-state index in [9.17, 15) is 9.59 Å². The Balaban J connectivity index is 1.72. The fourth-order valence-corrected chi connectivity index (χ4v) is 3.91. The molecule has 0 bridgehead atoms. The average Bonchev–Trinajstić information content (AvgIpc) is 2.75. The van der Waals surface area contributed by atoms with Gasteiger partial charge < -0.3 is 9.64 Å². The molecule has 3 rings (SSSR count). The summed E-state index contributed by atoms with van der Waals surface area (Å²) in [5, 5.41) is 0. The van der Waals surface area contributed by atoms with Crippen LogP contribution in [-0.4, -0.2) is 46.4 Å². The predicted molar refractivity (Wildman–Crippen MR) is 106 cm³/mol. The third-order valence-corrected chi connectivity index (χ3v) is 5.32. The average molecular weight is 381 g/mol. The quantitative estimate of drug-likeness (QED) is 0.688. The Hall–Kier alpha value is -2.76. The lowest BCUT2D eigenvalue weighted by Gasteiger charge is -2.41. The molecular weight excluding hydrogens is 354 g/mol. The summed E-state index contributed by atoms with van der Waals surface area (Å²) < 4.78 is 5.42.